The first kappa shape index (κ1) is 12.7. The summed E-state index contributed by atoms with van der Waals surface area (Å²) in [6.07, 6.45) is 9.04. The summed E-state index contributed by atoms with van der Waals surface area (Å²) in [7, 11) is 0. The van der Waals surface area contributed by atoms with Crippen molar-refractivity contribution in [2.75, 3.05) is 5.73 Å². The monoisotopic (exact) mass is 284 g/mol. The number of carbonyl (C=O) groups is 1. The van der Waals surface area contributed by atoms with Crippen LogP contribution in [0.2, 0.25) is 0 Å². The average Bonchev–Trinajstić information content (AvgIpc) is 3.11. The molecule has 4 rings (SSSR count). The van der Waals surface area contributed by atoms with Gasteiger partial charge in [0.05, 0.1) is 11.6 Å². The number of hydrogen-bond acceptors (Lipinski definition) is 3. The number of fused-ring (bicyclic) bond motifs is 2. The van der Waals surface area contributed by atoms with Gasteiger partial charge in [-0.2, -0.15) is 9.78 Å². The van der Waals surface area contributed by atoms with Gasteiger partial charge in [-0.25, -0.2) is 0 Å². The Morgan fingerprint density at radius 1 is 1.29 bits per heavy atom. The molecule has 5 heteroatoms. The molecule has 1 atom stereocenters. The lowest BCUT2D eigenvalue weighted by molar-refractivity contribution is 0.0854. The van der Waals surface area contributed by atoms with Crippen molar-refractivity contribution in [3.05, 3.63) is 34.8 Å². The van der Waals surface area contributed by atoms with Gasteiger partial charge >= 0.3 is 0 Å². The van der Waals surface area contributed by atoms with E-state index in [1.54, 1.807) is 0 Å². The van der Waals surface area contributed by atoms with Crippen LogP contribution in [0.1, 0.15) is 58.9 Å². The molecular formula is C16H20N4O. The van der Waals surface area contributed by atoms with Crippen LogP contribution in [0.25, 0.3) is 0 Å². The minimum absolute atomic E-state index is 0.0300. The highest BCUT2D eigenvalue weighted by molar-refractivity contribution is 5.88. The standard InChI is InChI=1S/C16H20N4O/c17-15-12-4-1-2-6-14(12)19-20(15)16(21)11-5-3-7-13-10(11)8-9-18-13/h8-9,11,18H,1-7,17H2. The number of rotatable bonds is 1. The molecule has 2 aliphatic rings. The molecule has 5 nitrogen and oxygen atoms in total. The van der Waals surface area contributed by atoms with E-state index in [-0.39, 0.29) is 11.8 Å². The highest BCUT2D eigenvalue weighted by Crippen LogP contribution is 2.34. The van der Waals surface area contributed by atoms with Crippen LogP contribution >= 0.6 is 0 Å². The fourth-order valence-electron chi connectivity index (χ4n) is 3.75. The van der Waals surface area contributed by atoms with Gasteiger partial charge in [-0.1, -0.05) is 0 Å². The second-order valence-corrected chi connectivity index (χ2v) is 6.12. The molecule has 1 unspecified atom stereocenters. The van der Waals surface area contributed by atoms with Gasteiger partial charge < -0.3 is 10.7 Å². The summed E-state index contributed by atoms with van der Waals surface area (Å²) >= 11 is 0. The summed E-state index contributed by atoms with van der Waals surface area (Å²) in [5.74, 6) is 0.489. The number of nitrogens with zero attached hydrogens (tertiary/aromatic N) is 2. The minimum Gasteiger partial charge on any atom is -0.383 e. The summed E-state index contributed by atoms with van der Waals surface area (Å²) in [4.78, 5) is 16.1. The molecule has 0 aromatic carbocycles. The fourth-order valence-corrected chi connectivity index (χ4v) is 3.75. The number of aryl methyl sites for hydroxylation is 2. The van der Waals surface area contributed by atoms with Crippen LogP contribution in [0.4, 0.5) is 5.82 Å². The summed E-state index contributed by atoms with van der Waals surface area (Å²) < 4.78 is 1.47. The lowest BCUT2D eigenvalue weighted by Gasteiger charge is -2.21. The molecule has 2 aromatic rings. The smallest absolute Gasteiger partial charge is 0.256 e. The van der Waals surface area contributed by atoms with Gasteiger partial charge in [0, 0.05) is 17.5 Å². The maximum atomic E-state index is 12.9. The molecule has 0 fully saturated rings. The molecule has 21 heavy (non-hydrogen) atoms. The van der Waals surface area contributed by atoms with Crippen molar-refractivity contribution < 1.29 is 4.79 Å². The number of nitrogen functional groups attached to an aromatic ring is 1. The van der Waals surface area contributed by atoms with E-state index < -0.39 is 0 Å². The van der Waals surface area contributed by atoms with Gasteiger partial charge in [0.1, 0.15) is 5.82 Å². The third kappa shape index (κ3) is 1.91. The van der Waals surface area contributed by atoms with E-state index >= 15 is 0 Å². The Morgan fingerprint density at radius 3 is 3.00 bits per heavy atom. The van der Waals surface area contributed by atoms with Crippen LogP contribution < -0.4 is 5.73 Å². The molecule has 0 aliphatic heterocycles. The SMILES string of the molecule is Nc1c2c(nn1C(=O)C1CCCc3[nH]ccc31)CCCC2. The van der Waals surface area contributed by atoms with E-state index in [0.717, 1.165) is 61.8 Å². The Morgan fingerprint density at radius 2 is 2.14 bits per heavy atom. The quantitative estimate of drug-likeness (QED) is 0.844. The van der Waals surface area contributed by atoms with Crippen molar-refractivity contribution in [2.45, 2.75) is 50.9 Å². The van der Waals surface area contributed by atoms with Crippen LogP contribution in [0.15, 0.2) is 12.3 Å². The molecule has 110 valence electrons. The molecule has 0 amide bonds. The van der Waals surface area contributed by atoms with Crippen molar-refractivity contribution in [3.8, 4) is 0 Å². The molecule has 0 saturated carbocycles. The first-order chi connectivity index (χ1) is 10.3. The second kappa shape index (κ2) is 4.76. The zero-order valence-corrected chi connectivity index (χ0v) is 12.1. The number of aromatic amines is 1. The number of nitrogens with one attached hydrogen (secondary N) is 1. The summed E-state index contributed by atoms with van der Waals surface area (Å²) in [6, 6.07) is 2.02. The summed E-state index contributed by atoms with van der Waals surface area (Å²) in [6.45, 7) is 0. The van der Waals surface area contributed by atoms with E-state index in [9.17, 15) is 4.79 Å². The van der Waals surface area contributed by atoms with E-state index in [4.69, 9.17) is 5.73 Å². The van der Waals surface area contributed by atoms with Crippen LogP contribution in [0, 0.1) is 0 Å². The largest absolute Gasteiger partial charge is 0.383 e. The second-order valence-electron chi connectivity index (χ2n) is 6.12. The molecule has 2 aliphatic carbocycles. The molecule has 3 N–H and O–H groups in total. The highest BCUT2D eigenvalue weighted by atomic mass is 16.2. The maximum Gasteiger partial charge on any atom is 0.256 e. The predicted octanol–water partition coefficient (Wildman–Crippen LogP) is 2.43. The van der Waals surface area contributed by atoms with Crippen molar-refractivity contribution >= 4 is 11.7 Å². The molecule has 0 bridgehead atoms. The number of H-pyrrole nitrogens is 1. The third-order valence-corrected chi connectivity index (χ3v) is 4.87. The maximum absolute atomic E-state index is 12.9. The van der Waals surface area contributed by atoms with Crippen molar-refractivity contribution in [2.24, 2.45) is 0 Å². The van der Waals surface area contributed by atoms with E-state index in [0.29, 0.717) is 5.82 Å². The predicted molar refractivity (Wildman–Crippen MR) is 80.4 cm³/mol. The Kier molecular flexibility index (Phi) is 2.87. The number of aromatic nitrogens is 3. The Hall–Kier alpha value is -2.04. The highest BCUT2D eigenvalue weighted by Gasteiger charge is 2.31. The molecule has 2 aromatic heterocycles. The van der Waals surface area contributed by atoms with Crippen molar-refractivity contribution in [1.29, 1.82) is 0 Å². The van der Waals surface area contributed by atoms with E-state index in [1.807, 2.05) is 12.3 Å². The normalized spacial score (nSPS) is 20.9. The van der Waals surface area contributed by atoms with E-state index in [2.05, 4.69) is 10.1 Å². The molecule has 0 saturated heterocycles. The Balaban J connectivity index is 1.72. The van der Waals surface area contributed by atoms with Gasteiger partial charge in [-0.3, -0.25) is 4.79 Å². The molecule has 0 radical (unpaired) electrons. The van der Waals surface area contributed by atoms with E-state index in [1.165, 1.54) is 10.4 Å². The van der Waals surface area contributed by atoms with Crippen molar-refractivity contribution in [3.63, 3.8) is 0 Å². The zero-order valence-electron chi connectivity index (χ0n) is 12.1. The van der Waals surface area contributed by atoms with Crippen LogP contribution in [0.3, 0.4) is 0 Å². The van der Waals surface area contributed by atoms with Gasteiger partial charge in [0.2, 0.25) is 0 Å². The third-order valence-electron chi connectivity index (χ3n) is 4.87. The van der Waals surface area contributed by atoms with Crippen LogP contribution in [0.5, 0.6) is 0 Å². The number of carbonyl (C=O) groups excluding carboxylic acids is 1. The Bertz CT molecular complexity index is 697. The lowest BCUT2D eigenvalue weighted by Crippen LogP contribution is -2.25. The van der Waals surface area contributed by atoms with Gasteiger partial charge in [-0.15, -0.1) is 0 Å². The zero-order chi connectivity index (χ0) is 14.4. The lowest BCUT2D eigenvalue weighted by atomic mass is 9.86. The topological polar surface area (TPSA) is 76.7 Å². The first-order valence-corrected chi connectivity index (χ1v) is 7.82. The van der Waals surface area contributed by atoms with Gasteiger partial charge in [0.15, 0.2) is 0 Å². The van der Waals surface area contributed by atoms with Gasteiger partial charge in [0.25, 0.3) is 5.91 Å². The van der Waals surface area contributed by atoms with Crippen LogP contribution in [-0.2, 0) is 19.3 Å². The molecule has 2 heterocycles. The summed E-state index contributed by atoms with van der Waals surface area (Å²) in [5, 5.41) is 4.51. The van der Waals surface area contributed by atoms with Crippen molar-refractivity contribution in [1.82, 2.24) is 14.8 Å². The number of hydrogen-bond donors (Lipinski definition) is 2. The minimum atomic E-state index is -0.108. The fraction of sp³-hybridized carbons (Fsp3) is 0.500. The first-order valence-electron chi connectivity index (χ1n) is 7.82. The van der Waals surface area contributed by atoms with Gasteiger partial charge in [-0.05, 0) is 56.6 Å². The number of anilines is 1. The molecular weight excluding hydrogens is 264 g/mol. The number of nitrogens with two attached hydrogens (primary N) is 1. The van der Waals surface area contributed by atoms with Crippen LogP contribution in [-0.4, -0.2) is 20.7 Å². The molecule has 0 spiro atoms. The Labute approximate surface area is 123 Å². The summed E-state index contributed by atoms with van der Waals surface area (Å²) in [5.41, 5.74) is 10.6. The average molecular weight is 284 g/mol.